The Kier molecular flexibility index (Phi) is 6.67. The second kappa shape index (κ2) is 10.3. The predicted molar refractivity (Wildman–Crippen MR) is 149 cm³/mol. The Hall–Kier alpha value is -4.42. The van der Waals surface area contributed by atoms with Crippen LogP contribution < -0.4 is 0 Å². The summed E-state index contributed by atoms with van der Waals surface area (Å²) in [5.41, 5.74) is -0.134. The quantitative estimate of drug-likeness (QED) is 0.337. The zero-order chi connectivity index (χ0) is 30.7. The molecule has 0 bridgehead atoms. The molecule has 0 aromatic carbocycles. The first-order valence-corrected chi connectivity index (χ1v) is 14.5. The number of carbonyl (C=O) groups is 1. The van der Waals surface area contributed by atoms with Gasteiger partial charge < -0.3 is 15.0 Å². The van der Waals surface area contributed by atoms with Crippen molar-refractivity contribution < 1.29 is 23.1 Å². The van der Waals surface area contributed by atoms with Crippen LogP contribution >= 0.6 is 0 Å². The molecule has 7 rings (SSSR count). The van der Waals surface area contributed by atoms with Crippen LogP contribution in [0.1, 0.15) is 60.5 Å². The fourth-order valence-electron chi connectivity index (χ4n) is 6.58. The fraction of sp³-hybridized carbons (Fsp3) is 0.483. The fourth-order valence-corrected chi connectivity index (χ4v) is 6.58. The predicted octanol–water partition coefficient (Wildman–Crippen LogP) is 3.23. The minimum atomic E-state index is -4.84. The molecular weight excluding hydrogens is 577 g/mol. The van der Waals surface area contributed by atoms with Crippen molar-refractivity contribution in [2.75, 3.05) is 26.2 Å². The zero-order valence-corrected chi connectivity index (χ0v) is 23.6. The number of nitrogens with zero attached hydrogens (tertiary/aromatic N) is 9. The first-order valence-electron chi connectivity index (χ1n) is 14.5. The van der Waals surface area contributed by atoms with Crippen LogP contribution in [0, 0.1) is 11.3 Å². The highest BCUT2D eigenvalue weighted by Crippen LogP contribution is 2.45. The number of carbonyl (C=O) groups excluding carboxylic acids is 1. The normalized spacial score (nSPS) is 23.6. The summed E-state index contributed by atoms with van der Waals surface area (Å²) < 4.78 is 42.5. The van der Waals surface area contributed by atoms with Crippen LogP contribution in [0.3, 0.4) is 0 Å². The third-order valence-electron chi connectivity index (χ3n) is 9.31. The Labute approximate surface area is 249 Å². The van der Waals surface area contributed by atoms with Crippen LogP contribution in [0.4, 0.5) is 13.2 Å². The highest BCUT2D eigenvalue weighted by Gasteiger charge is 2.49. The number of nitriles is 1. The summed E-state index contributed by atoms with van der Waals surface area (Å²) in [6, 6.07) is 5.59. The number of aromatic amines is 1. The average Bonchev–Trinajstić information content (AvgIpc) is 3.67. The molecule has 2 N–H and O–H groups in total. The van der Waals surface area contributed by atoms with E-state index in [0.29, 0.717) is 58.3 Å². The molecule has 228 valence electrons. The molecule has 4 aromatic rings. The summed E-state index contributed by atoms with van der Waals surface area (Å²) in [5, 5.41) is 25.8. The summed E-state index contributed by atoms with van der Waals surface area (Å²) >= 11 is 0. The van der Waals surface area contributed by atoms with Crippen LogP contribution in [-0.2, 0) is 17.3 Å². The number of halogens is 3. The van der Waals surface area contributed by atoms with Gasteiger partial charge in [-0.15, -0.1) is 0 Å². The van der Waals surface area contributed by atoms with E-state index in [1.54, 1.807) is 12.4 Å². The minimum absolute atomic E-state index is 0.157. The first kappa shape index (κ1) is 28.4. The smallest absolute Gasteiger partial charge is 0.384 e. The summed E-state index contributed by atoms with van der Waals surface area (Å²) in [5.74, 6) is -2.03. The highest BCUT2D eigenvalue weighted by molar-refractivity contribution is 5.92. The van der Waals surface area contributed by atoms with Gasteiger partial charge in [-0.1, -0.05) is 0 Å². The number of hydrogen-bond donors (Lipinski definition) is 2. The van der Waals surface area contributed by atoms with Crippen molar-refractivity contribution in [1.29, 1.82) is 5.26 Å². The van der Waals surface area contributed by atoms with Gasteiger partial charge in [-0.3, -0.25) is 14.4 Å². The average molecular weight is 607 g/mol. The minimum Gasteiger partial charge on any atom is -0.384 e. The molecule has 4 aromatic heterocycles. The monoisotopic (exact) mass is 606 g/mol. The van der Waals surface area contributed by atoms with Gasteiger partial charge in [-0.05, 0) is 44.2 Å². The zero-order valence-electron chi connectivity index (χ0n) is 23.6. The Bertz CT molecular complexity index is 1760. The van der Waals surface area contributed by atoms with Crippen molar-refractivity contribution in [3.63, 3.8) is 0 Å². The molecule has 5 heterocycles. The van der Waals surface area contributed by atoms with Crippen LogP contribution in [0.5, 0.6) is 0 Å². The third kappa shape index (κ3) is 4.78. The Balaban J connectivity index is 1.02. The van der Waals surface area contributed by atoms with Crippen LogP contribution in [-0.4, -0.2) is 87.7 Å². The second-order valence-corrected chi connectivity index (χ2v) is 11.9. The lowest BCUT2D eigenvalue weighted by Gasteiger charge is -2.52. The lowest BCUT2D eigenvalue weighted by molar-refractivity contribution is -0.145. The number of aromatic nitrogens is 7. The SMILES string of the molecule is N#CC[C@]1(n2cc(-c3ncnc4[nH]ccc34)cn2)C[C@@H](N2CCN(C(=O)c3cc(C4(O)CCC4)nc(C(F)(F)F)n3)CC2)C1. The standard InChI is InChI=1S/C29H29F3N10O2/c30-29(31,32)26-38-21(12-22(39-26)28(44)3-1-4-28)25(43)41-10-8-40(9-11-41)19-13-27(14-19,5-6-33)42-16-18(15-37-42)23-20-2-7-34-24(20)36-17-35-23/h2,7,12,15-17,19,44H,1,3-5,8-11,13-14H2,(H,34,35,36)/t19-,27+. The summed E-state index contributed by atoms with van der Waals surface area (Å²) in [6.07, 6.45) is 5.06. The molecule has 0 spiro atoms. The van der Waals surface area contributed by atoms with Crippen molar-refractivity contribution >= 4 is 16.9 Å². The molecule has 2 saturated carbocycles. The van der Waals surface area contributed by atoms with E-state index in [4.69, 9.17) is 0 Å². The van der Waals surface area contributed by atoms with E-state index < -0.39 is 29.0 Å². The van der Waals surface area contributed by atoms with Crippen molar-refractivity contribution in [1.82, 2.24) is 44.5 Å². The summed E-state index contributed by atoms with van der Waals surface area (Å²) in [7, 11) is 0. The number of aliphatic hydroxyl groups is 1. The number of fused-ring (bicyclic) bond motifs is 1. The number of alkyl halides is 3. The maximum Gasteiger partial charge on any atom is 0.451 e. The maximum atomic E-state index is 13.6. The second-order valence-electron chi connectivity index (χ2n) is 11.9. The molecule has 0 atom stereocenters. The molecular formula is C29H29F3N10O2. The molecule has 0 radical (unpaired) electrons. The molecule has 44 heavy (non-hydrogen) atoms. The van der Waals surface area contributed by atoms with Crippen molar-refractivity contribution in [3.8, 4) is 17.3 Å². The number of hydrogen-bond acceptors (Lipinski definition) is 9. The number of piperazine rings is 1. The van der Waals surface area contributed by atoms with E-state index in [1.165, 1.54) is 17.3 Å². The Morgan fingerprint density at radius 3 is 2.61 bits per heavy atom. The van der Waals surface area contributed by atoms with E-state index in [2.05, 4.69) is 41.0 Å². The Morgan fingerprint density at radius 2 is 1.93 bits per heavy atom. The van der Waals surface area contributed by atoms with E-state index in [1.807, 2.05) is 16.9 Å². The maximum absolute atomic E-state index is 13.6. The molecule has 0 unspecified atom stereocenters. The lowest BCUT2D eigenvalue weighted by atomic mass is 9.70. The van der Waals surface area contributed by atoms with Crippen molar-refractivity contribution in [3.05, 3.63) is 54.3 Å². The van der Waals surface area contributed by atoms with Gasteiger partial charge in [0.15, 0.2) is 0 Å². The summed E-state index contributed by atoms with van der Waals surface area (Å²) in [4.78, 5) is 35.9. The van der Waals surface area contributed by atoms with Gasteiger partial charge in [0.2, 0.25) is 5.82 Å². The molecule has 2 aliphatic carbocycles. The molecule has 3 fully saturated rings. The highest BCUT2D eigenvalue weighted by atomic mass is 19.4. The Morgan fingerprint density at radius 1 is 1.16 bits per heavy atom. The van der Waals surface area contributed by atoms with E-state index in [0.717, 1.165) is 22.3 Å². The summed E-state index contributed by atoms with van der Waals surface area (Å²) in [6.45, 7) is 1.70. The molecule has 1 amide bonds. The van der Waals surface area contributed by atoms with E-state index >= 15 is 0 Å². The molecule has 1 saturated heterocycles. The molecule has 12 nitrogen and oxygen atoms in total. The number of H-pyrrole nitrogens is 1. The van der Waals surface area contributed by atoms with Gasteiger partial charge in [0.1, 0.15) is 23.3 Å². The van der Waals surface area contributed by atoms with Gasteiger partial charge in [0.25, 0.3) is 5.91 Å². The number of amides is 1. The van der Waals surface area contributed by atoms with E-state index in [-0.39, 0.29) is 23.9 Å². The van der Waals surface area contributed by atoms with Gasteiger partial charge in [0.05, 0.1) is 35.6 Å². The topological polar surface area (TPSA) is 153 Å². The lowest BCUT2D eigenvalue weighted by Crippen LogP contribution is -2.60. The first-order chi connectivity index (χ1) is 21.1. The molecule has 1 aliphatic heterocycles. The largest absolute Gasteiger partial charge is 0.451 e. The third-order valence-corrected chi connectivity index (χ3v) is 9.31. The van der Waals surface area contributed by atoms with Gasteiger partial charge in [0, 0.05) is 55.6 Å². The van der Waals surface area contributed by atoms with Gasteiger partial charge in [-0.2, -0.15) is 23.5 Å². The van der Waals surface area contributed by atoms with Crippen molar-refractivity contribution in [2.45, 2.75) is 61.9 Å². The van der Waals surface area contributed by atoms with E-state index in [9.17, 15) is 28.3 Å². The van der Waals surface area contributed by atoms with Crippen LogP contribution in [0.2, 0.25) is 0 Å². The van der Waals surface area contributed by atoms with Crippen LogP contribution in [0.25, 0.3) is 22.3 Å². The van der Waals surface area contributed by atoms with Crippen molar-refractivity contribution in [2.24, 2.45) is 0 Å². The number of nitrogens with one attached hydrogen (secondary N) is 1. The van der Waals surface area contributed by atoms with Gasteiger partial charge in [-0.25, -0.2) is 19.9 Å². The van der Waals surface area contributed by atoms with Gasteiger partial charge >= 0.3 is 6.18 Å². The molecule has 15 heteroatoms. The van der Waals surface area contributed by atoms with Crippen LogP contribution in [0.15, 0.2) is 37.1 Å². The number of rotatable bonds is 6. The molecule has 3 aliphatic rings.